The number of nitrogens with zero attached hydrogens (tertiary/aromatic N) is 3. The van der Waals surface area contributed by atoms with E-state index in [1.54, 1.807) is 22.7 Å². The number of aliphatic imine (C=N–C) groups is 1. The minimum absolute atomic E-state index is 0.0332. The number of phenols is 1. The third-order valence-electron chi connectivity index (χ3n) is 3.23. The molecule has 3 aromatic rings. The molecule has 1 aromatic carbocycles. The van der Waals surface area contributed by atoms with E-state index < -0.39 is 4.92 Å². The highest BCUT2D eigenvalue weighted by molar-refractivity contribution is 7.16. The van der Waals surface area contributed by atoms with E-state index in [1.807, 2.05) is 24.4 Å². The Hall–Kier alpha value is -2.58. The lowest BCUT2D eigenvalue weighted by atomic mass is 10.2. The van der Waals surface area contributed by atoms with Crippen LogP contribution < -0.4 is 0 Å². The fraction of sp³-hybridized carbons (Fsp3) is 0.125. The smallest absolute Gasteiger partial charge is 0.270 e. The topological polar surface area (TPSA) is 88.6 Å². The lowest BCUT2D eigenvalue weighted by Gasteiger charge is -1.98. The highest BCUT2D eigenvalue weighted by Crippen LogP contribution is 2.29. The number of non-ortho nitro benzene ring substituents is 1. The SMILES string of the molecule is Cc1nc(-c2ccc(CN=Cc3cc([N+](=O)[O-])ccc3O)s2)cs1. The molecule has 0 spiro atoms. The third-order valence-corrected chi connectivity index (χ3v) is 5.10. The molecule has 0 aliphatic heterocycles. The van der Waals surface area contributed by atoms with Crippen molar-refractivity contribution in [1.82, 2.24) is 4.98 Å². The number of aryl methyl sites for hydroxylation is 1. The second-order valence-electron chi connectivity index (χ2n) is 4.99. The number of hydrogen-bond donors (Lipinski definition) is 1. The summed E-state index contributed by atoms with van der Waals surface area (Å²) in [7, 11) is 0. The van der Waals surface area contributed by atoms with Crippen LogP contribution in [0.15, 0.2) is 40.7 Å². The minimum Gasteiger partial charge on any atom is -0.507 e. The predicted octanol–water partition coefficient (Wildman–Crippen LogP) is 4.41. The first-order valence-electron chi connectivity index (χ1n) is 7.01. The summed E-state index contributed by atoms with van der Waals surface area (Å²) in [6, 6.07) is 7.85. The first-order chi connectivity index (χ1) is 11.5. The lowest BCUT2D eigenvalue weighted by Crippen LogP contribution is -1.90. The zero-order valence-corrected chi connectivity index (χ0v) is 14.3. The molecular weight excluding hydrogens is 346 g/mol. The van der Waals surface area contributed by atoms with E-state index in [0.29, 0.717) is 12.1 Å². The van der Waals surface area contributed by atoms with Crippen molar-refractivity contribution in [2.45, 2.75) is 13.5 Å². The summed E-state index contributed by atoms with van der Waals surface area (Å²) in [6.07, 6.45) is 1.45. The van der Waals surface area contributed by atoms with Crippen LogP contribution >= 0.6 is 22.7 Å². The van der Waals surface area contributed by atoms with Gasteiger partial charge in [-0.3, -0.25) is 15.1 Å². The monoisotopic (exact) mass is 359 g/mol. The maximum atomic E-state index is 10.8. The van der Waals surface area contributed by atoms with Gasteiger partial charge in [0, 0.05) is 34.2 Å². The number of benzene rings is 1. The van der Waals surface area contributed by atoms with E-state index in [-0.39, 0.29) is 11.4 Å². The molecule has 0 bridgehead atoms. The molecule has 0 radical (unpaired) electrons. The van der Waals surface area contributed by atoms with Crippen LogP contribution in [0.1, 0.15) is 15.4 Å². The molecule has 0 saturated carbocycles. The van der Waals surface area contributed by atoms with Gasteiger partial charge in [-0.2, -0.15) is 0 Å². The fourth-order valence-electron chi connectivity index (χ4n) is 2.07. The number of aromatic nitrogens is 1. The highest BCUT2D eigenvalue weighted by Gasteiger charge is 2.09. The Morgan fingerprint density at radius 2 is 2.21 bits per heavy atom. The molecule has 6 nitrogen and oxygen atoms in total. The number of thiazole rings is 1. The molecule has 2 heterocycles. The van der Waals surface area contributed by atoms with Crippen LogP contribution in [0.3, 0.4) is 0 Å². The van der Waals surface area contributed by atoms with Crippen LogP contribution in [0, 0.1) is 17.0 Å². The van der Waals surface area contributed by atoms with Gasteiger partial charge in [-0.1, -0.05) is 0 Å². The molecule has 8 heteroatoms. The summed E-state index contributed by atoms with van der Waals surface area (Å²) < 4.78 is 0. The van der Waals surface area contributed by atoms with Gasteiger partial charge in [-0.15, -0.1) is 22.7 Å². The number of aromatic hydroxyl groups is 1. The fourth-order valence-corrected chi connectivity index (χ4v) is 3.66. The van der Waals surface area contributed by atoms with Gasteiger partial charge in [0.1, 0.15) is 5.75 Å². The molecule has 2 aromatic heterocycles. The first-order valence-corrected chi connectivity index (χ1v) is 8.71. The molecule has 0 fully saturated rings. The van der Waals surface area contributed by atoms with E-state index in [9.17, 15) is 15.2 Å². The van der Waals surface area contributed by atoms with Crippen molar-refractivity contribution >= 4 is 34.6 Å². The summed E-state index contributed by atoms with van der Waals surface area (Å²) in [6.45, 7) is 2.41. The average molecular weight is 359 g/mol. The number of rotatable bonds is 5. The van der Waals surface area contributed by atoms with Gasteiger partial charge in [0.15, 0.2) is 0 Å². The second kappa shape index (κ2) is 6.90. The standard InChI is InChI=1S/C16H13N3O3S2/c1-10-18-14(9-23-10)16-5-3-13(24-16)8-17-7-11-6-12(19(21)22)2-4-15(11)20/h2-7,9,20H,8H2,1H3. The Balaban J connectivity index is 1.72. The lowest BCUT2D eigenvalue weighted by molar-refractivity contribution is -0.384. The zero-order chi connectivity index (χ0) is 17.1. The van der Waals surface area contributed by atoms with Crippen LogP contribution in [0.4, 0.5) is 5.69 Å². The van der Waals surface area contributed by atoms with E-state index in [0.717, 1.165) is 20.5 Å². The Morgan fingerprint density at radius 3 is 2.92 bits per heavy atom. The van der Waals surface area contributed by atoms with Gasteiger partial charge in [0.05, 0.1) is 27.0 Å². The van der Waals surface area contributed by atoms with E-state index in [4.69, 9.17) is 0 Å². The van der Waals surface area contributed by atoms with Crippen molar-refractivity contribution < 1.29 is 10.0 Å². The van der Waals surface area contributed by atoms with E-state index in [2.05, 4.69) is 9.98 Å². The van der Waals surface area contributed by atoms with E-state index >= 15 is 0 Å². The average Bonchev–Trinajstić information content (AvgIpc) is 3.18. The number of nitro groups is 1. The maximum Gasteiger partial charge on any atom is 0.270 e. The van der Waals surface area contributed by atoms with Crippen molar-refractivity contribution in [2.75, 3.05) is 0 Å². The second-order valence-corrected chi connectivity index (χ2v) is 7.22. The van der Waals surface area contributed by atoms with Crippen LogP contribution in [0.5, 0.6) is 5.75 Å². The number of nitro benzene ring substituents is 1. The molecule has 0 unspecified atom stereocenters. The normalized spacial score (nSPS) is 11.2. The number of phenolic OH excluding ortho intramolecular Hbond substituents is 1. The van der Waals surface area contributed by atoms with Crippen molar-refractivity contribution in [1.29, 1.82) is 0 Å². The molecule has 1 N–H and O–H groups in total. The summed E-state index contributed by atoms with van der Waals surface area (Å²) in [5.74, 6) is -0.0332. The summed E-state index contributed by atoms with van der Waals surface area (Å²) in [4.78, 5) is 21.1. The van der Waals surface area contributed by atoms with Gasteiger partial charge in [0.25, 0.3) is 5.69 Å². The largest absolute Gasteiger partial charge is 0.507 e. The third kappa shape index (κ3) is 3.66. The van der Waals surface area contributed by atoms with Crippen molar-refractivity contribution in [2.24, 2.45) is 4.99 Å². The quantitative estimate of drug-likeness (QED) is 0.415. The minimum atomic E-state index is -0.502. The van der Waals surface area contributed by atoms with E-state index in [1.165, 1.54) is 24.4 Å². The highest BCUT2D eigenvalue weighted by atomic mass is 32.1. The maximum absolute atomic E-state index is 10.8. The first kappa shape index (κ1) is 16.3. The zero-order valence-electron chi connectivity index (χ0n) is 12.7. The molecule has 0 amide bonds. The van der Waals surface area contributed by atoms with Crippen LogP contribution in [0.2, 0.25) is 0 Å². The molecule has 3 rings (SSSR count). The Kier molecular flexibility index (Phi) is 4.68. The molecule has 24 heavy (non-hydrogen) atoms. The molecule has 0 atom stereocenters. The Bertz CT molecular complexity index is 915. The summed E-state index contributed by atoms with van der Waals surface area (Å²) >= 11 is 3.22. The van der Waals surface area contributed by atoms with Crippen molar-refractivity contribution in [3.8, 4) is 16.3 Å². The Labute approximate surface area is 145 Å². The molecule has 0 saturated heterocycles. The van der Waals surface area contributed by atoms with Gasteiger partial charge in [-0.05, 0) is 25.1 Å². The molecule has 0 aliphatic carbocycles. The van der Waals surface area contributed by atoms with Crippen LogP contribution in [0.25, 0.3) is 10.6 Å². The van der Waals surface area contributed by atoms with Gasteiger partial charge in [0.2, 0.25) is 0 Å². The Morgan fingerprint density at radius 1 is 1.38 bits per heavy atom. The van der Waals surface area contributed by atoms with Crippen molar-refractivity contribution in [3.05, 3.63) is 61.3 Å². The summed E-state index contributed by atoms with van der Waals surface area (Å²) in [5.41, 5.74) is 1.22. The number of hydrogen-bond acceptors (Lipinski definition) is 7. The van der Waals surface area contributed by atoms with Crippen LogP contribution in [-0.4, -0.2) is 21.2 Å². The molecule has 0 aliphatic rings. The van der Waals surface area contributed by atoms with Gasteiger partial charge >= 0.3 is 0 Å². The van der Waals surface area contributed by atoms with Crippen molar-refractivity contribution in [3.63, 3.8) is 0 Å². The molecule has 122 valence electrons. The predicted molar refractivity (Wildman–Crippen MR) is 96.2 cm³/mol. The van der Waals surface area contributed by atoms with Gasteiger partial charge < -0.3 is 5.11 Å². The number of thiophene rings is 1. The summed E-state index contributed by atoms with van der Waals surface area (Å²) in [5, 5.41) is 23.6. The van der Waals surface area contributed by atoms with Gasteiger partial charge in [-0.25, -0.2) is 4.98 Å². The van der Waals surface area contributed by atoms with Crippen LogP contribution in [-0.2, 0) is 6.54 Å². The molecular formula is C16H13N3O3S2.